The van der Waals surface area contributed by atoms with Gasteiger partial charge in [0.2, 0.25) is 11.8 Å². The quantitative estimate of drug-likeness (QED) is 0.774. The van der Waals surface area contributed by atoms with Crippen LogP contribution in [0.25, 0.3) is 0 Å². The maximum absolute atomic E-state index is 12.9. The van der Waals surface area contributed by atoms with Gasteiger partial charge in [-0.2, -0.15) is 0 Å². The Bertz CT molecular complexity index is 744. The van der Waals surface area contributed by atoms with E-state index in [0.717, 1.165) is 25.9 Å². The average molecular weight is 406 g/mol. The normalized spacial score (nSPS) is 21.5. The minimum absolute atomic E-state index is 0.0626. The molecule has 8 heteroatoms. The first-order valence-electron chi connectivity index (χ1n) is 9.57. The van der Waals surface area contributed by atoms with Crippen LogP contribution in [-0.2, 0) is 14.3 Å². The molecule has 1 atom stereocenters. The molecule has 28 heavy (non-hydrogen) atoms. The molecule has 2 aliphatic rings. The van der Waals surface area contributed by atoms with Crippen molar-refractivity contribution in [3.8, 4) is 0 Å². The smallest absolute Gasteiger partial charge is 0.338 e. The number of carbonyl (C=O) groups excluding carboxylic acids is 3. The van der Waals surface area contributed by atoms with Gasteiger partial charge in [0, 0.05) is 31.5 Å². The fourth-order valence-corrected chi connectivity index (χ4v) is 5.48. The third kappa shape index (κ3) is 4.17. The number of rotatable bonds is 4. The van der Waals surface area contributed by atoms with Gasteiger partial charge in [-0.25, -0.2) is 4.79 Å². The van der Waals surface area contributed by atoms with Crippen LogP contribution in [0.5, 0.6) is 0 Å². The van der Waals surface area contributed by atoms with Gasteiger partial charge >= 0.3 is 5.97 Å². The molecule has 1 unspecified atom stereocenters. The van der Waals surface area contributed by atoms with Gasteiger partial charge in [-0.05, 0) is 51.1 Å². The van der Waals surface area contributed by atoms with E-state index in [0.29, 0.717) is 23.6 Å². The van der Waals surface area contributed by atoms with Crippen molar-refractivity contribution in [2.45, 2.75) is 37.6 Å². The Morgan fingerprint density at radius 1 is 1.21 bits per heavy atom. The largest absolute Gasteiger partial charge is 0.462 e. The molecule has 0 radical (unpaired) electrons. The summed E-state index contributed by atoms with van der Waals surface area (Å²) >= 11 is 1.72. The lowest BCUT2D eigenvalue weighted by molar-refractivity contribution is -0.140. The molecule has 2 amide bonds. The van der Waals surface area contributed by atoms with Crippen molar-refractivity contribution in [1.82, 2.24) is 9.80 Å². The van der Waals surface area contributed by atoms with Crippen molar-refractivity contribution in [1.29, 1.82) is 0 Å². The molecule has 0 aromatic heterocycles. The van der Waals surface area contributed by atoms with Gasteiger partial charge in [0.15, 0.2) is 0 Å². The van der Waals surface area contributed by atoms with Crippen LogP contribution in [0, 0.1) is 0 Å². The Balaban J connectivity index is 1.70. The number of hydrogen-bond acceptors (Lipinski definition) is 6. The molecule has 2 aliphatic heterocycles. The first kappa shape index (κ1) is 20.7. The van der Waals surface area contributed by atoms with Crippen LogP contribution in [0.4, 0.5) is 5.69 Å². The zero-order chi connectivity index (χ0) is 20.3. The van der Waals surface area contributed by atoms with Gasteiger partial charge in [0.05, 0.1) is 17.0 Å². The summed E-state index contributed by atoms with van der Waals surface area (Å²) in [4.78, 5) is 40.8. The topological polar surface area (TPSA) is 79.0 Å². The van der Waals surface area contributed by atoms with E-state index in [4.69, 9.17) is 4.74 Å². The van der Waals surface area contributed by atoms with Crippen molar-refractivity contribution in [3.05, 3.63) is 29.8 Å². The lowest BCUT2D eigenvalue weighted by Gasteiger charge is -2.44. The number of anilines is 1. The van der Waals surface area contributed by atoms with E-state index < -0.39 is 6.04 Å². The van der Waals surface area contributed by atoms with Crippen molar-refractivity contribution in [2.75, 3.05) is 37.8 Å². The van der Waals surface area contributed by atoms with E-state index in [2.05, 4.69) is 17.3 Å². The maximum Gasteiger partial charge on any atom is 0.338 e. The zero-order valence-corrected chi connectivity index (χ0v) is 17.4. The highest BCUT2D eigenvalue weighted by molar-refractivity contribution is 8.01. The summed E-state index contributed by atoms with van der Waals surface area (Å²) in [5.74, 6) is -0.0509. The van der Waals surface area contributed by atoms with Crippen molar-refractivity contribution in [3.63, 3.8) is 0 Å². The zero-order valence-electron chi connectivity index (χ0n) is 16.6. The number of benzene rings is 1. The number of nitrogens with zero attached hydrogens (tertiary/aromatic N) is 2. The monoisotopic (exact) mass is 405 g/mol. The number of amides is 2. The molecular formula is C20H27N3O4S. The summed E-state index contributed by atoms with van der Waals surface area (Å²) < 4.78 is 4.97. The summed E-state index contributed by atoms with van der Waals surface area (Å²) in [6.07, 6.45) is 1.73. The second kappa shape index (κ2) is 8.53. The first-order chi connectivity index (χ1) is 13.4. The maximum atomic E-state index is 12.9. The van der Waals surface area contributed by atoms with E-state index in [1.54, 1.807) is 54.8 Å². The van der Waals surface area contributed by atoms with E-state index in [-0.39, 0.29) is 22.7 Å². The standard InChI is InChI=1S/C20H27N3O4S/c1-4-27-19(26)15-5-7-16(8-6-15)21-18(25)17-13-28-20(23(17)14(2)24)9-11-22(3)12-10-20/h5-8,17H,4,9-13H2,1-3H3,(H,21,25). The molecule has 152 valence electrons. The number of likely N-dealkylation sites (tertiary alicyclic amines) is 1. The molecule has 1 N–H and O–H groups in total. The molecule has 1 aromatic rings. The molecule has 2 fully saturated rings. The highest BCUT2D eigenvalue weighted by atomic mass is 32.2. The average Bonchev–Trinajstić information content (AvgIpc) is 3.04. The van der Waals surface area contributed by atoms with Crippen LogP contribution in [0.15, 0.2) is 24.3 Å². The molecule has 0 aliphatic carbocycles. The number of nitrogens with one attached hydrogen (secondary N) is 1. The van der Waals surface area contributed by atoms with E-state index in [9.17, 15) is 14.4 Å². The molecule has 2 saturated heterocycles. The Kier molecular flexibility index (Phi) is 6.30. The molecule has 2 heterocycles. The number of ether oxygens (including phenoxy) is 1. The highest BCUT2D eigenvalue weighted by Crippen LogP contribution is 2.46. The molecule has 3 rings (SSSR count). The van der Waals surface area contributed by atoms with Crippen molar-refractivity contribution in [2.24, 2.45) is 0 Å². The van der Waals surface area contributed by atoms with Gasteiger partial charge in [-0.15, -0.1) is 11.8 Å². The second-order valence-corrected chi connectivity index (χ2v) is 8.63. The van der Waals surface area contributed by atoms with Gasteiger partial charge in [-0.3, -0.25) is 9.59 Å². The van der Waals surface area contributed by atoms with Crippen LogP contribution in [0.3, 0.4) is 0 Å². The summed E-state index contributed by atoms with van der Waals surface area (Å²) in [5.41, 5.74) is 1.03. The summed E-state index contributed by atoms with van der Waals surface area (Å²) in [6.45, 7) is 5.44. The Hall–Kier alpha value is -2.06. The number of carbonyl (C=O) groups is 3. The fraction of sp³-hybridized carbons (Fsp3) is 0.550. The Morgan fingerprint density at radius 2 is 1.86 bits per heavy atom. The van der Waals surface area contributed by atoms with E-state index in [1.807, 2.05) is 0 Å². The summed E-state index contributed by atoms with van der Waals surface area (Å²) in [6, 6.07) is 6.11. The van der Waals surface area contributed by atoms with Gasteiger partial charge in [0.25, 0.3) is 0 Å². The predicted octanol–water partition coefficient (Wildman–Crippen LogP) is 2.19. The van der Waals surface area contributed by atoms with E-state index >= 15 is 0 Å². The van der Waals surface area contributed by atoms with Crippen LogP contribution in [0.2, 0.25) is 0 Å². The third-order valence-corrected chi connectivity index (χ3v) is 6.96. The van der Waals surface area contributed by atoms with Crippen LogP contribution >= 0.6 is 11.8 Å². The van der Waals surface area contributed by atoms with Gasteiger partial charge in [-0.1, -0.05) is 0 Å². The fourth-order valence-electron chi connectivity index (χ4n) is 3.84. The highest BCUT2D eigenvalue weighted by Gasteiger charge is 2.51. The third-order valence-electron chi connectivity index (χ3n) is 5.33. The van der Waals surface area contributed by atoms with Gasteiger partial charge in [0.1, 0.15) is 6.04 Å². The number of piperidine rings is 1. The van der Waals surface area contributed by atoms with Crippen LogP contribution in [-0.4, -0.2) is 71.0 Å². The molecule has 0 bridgehead atoms. The molecule has 0 saturated carbocycles. The second-order valence-electron chi connectivity index (χ2n) is 7.25. The Labute approximate surface area is 169 Å². The number of esters is 1. The lowest BCUT2D eigenvalue weighted by atomic mass is 10.0. The predicted molar refractivity (Wildman–Crippen MR) is 109 cm³/mol. The number of thioether (sulfide) groups is 1. The van der Waals surface area contributed by atoms with Crippen LogP contribution < -0.4 is 5.32 Å². The Morgan fingerprint density at radius 3 is 2.43 bits per heavy atom. The first-order valence-corrected chi connectivity index (χ1v) is 10.6. The summed E-state index contributed by atoms with van der Waals surface area (Å²) in [7, 11) is 2.08. The lowest BCUT2D eigenvalue weighted by Crippen LogP contribution is -2.56. The molecule has 1 spiro atoms. The summed E-state index contributed by atoms with van der Waals surface area (Å²) in [5, 5.41) is 2.89. The molecule has 1 aromatic carbocycles. The molecule has 7 nitrogen and oxygen atoms in total. The van der Waals surface area contributed by atoms with Crippen molar-refractivity contribution >= 4 is 35.2 Å². The van der Waals surface area contributed by atoms with Gasteiger partial charge < -0.3 is 19.9 Å². The minimum atomic E-state index is -0.490. The van der Waals surface area contributed by atoms with Crippen molar-refractivity contribution < 1.29 is 19.1 Å². The SMILES string of the molecule is CCOC(=O)c1ccc(NC(=O)C2CSC3(CCN(C)CC3)N2C(C)=O)cc1. The molecular weight excluding hydrogens is 378 g/mol. The van der Waals surface area contributed by atoms with Crippen LogP contribution in [0.1, 0.15) is 37.0 Å². The minimum Gasteiger partial charge on any atom is -0.462 e. The van der Waals surface area contributed by atoms with E-state index in [1.165, 1.54) is 0 Å². The number of hydrogen-bond donors (Lipinski definition) is 1.